The molecular weight excluding hydrogens is 345 g/mol. The van der Waals surface area contributed by atoms with Gasteiger partial charge in [0.15, 0.2) is 0 Å². The Morgan fingerprint density at radius 3 is 2.33 bits per heavy atom. The smallest absolute Gasteiger partial charge is 0.251 e. The molecule has 2 saturated carbocycles. The van der Waals surface area contributed by atoms with Crippen molar-refractivity contribution in [1.29, 1.82) is 5.26 Å². The average molecular weight is 373 g/mol. The van der Waals surface area contributed by atoms with Crippen LogP contribution in [0.2, 0.25) is 0 Å². The highest BCUT2D eigenvalue weighted by Crippen LogP contribution is 2.39. The summed E-state index contributed by atoms with van der Waals surface area (Å²) in [5.74, 6) is 4.84. The van der Waals surface area contributed by atoms with Crippen LogP contribution >= 0.6 is 0 Å². The van der Waals surface area contributed by atoms with E-state index in [9.17, 15) is 9.18 Å². The lowest BCUT2D eigenvalue weighted by Gasteiger charge is -2.20. The van der Waals surface area contributed by atoms with E-state index in [2.05, 4.69) is 11.4 Å². The van der Waals surface area contributed by atoms with Crippen LogP contribution in [0.25, 0.3) is 0 Å². The molecule has 2 aliphatic rings. The summed E-state index contributed by atoms with van der Waals surface area (Å²) in [6.45, 7) is 0.0601. The van der Waals surface area contributed by atoms with Crippen molar-refractivity contribution < 1.29 is 9.18 Å². The number of hydrogen-bond acceptors (Lipinski definition) is 5. The van der Waals surface area contributed by atoms with E-state index in [0.29, 0.717) is 18.5 Å². The summed E-state index contributed by atoms with van der Waals surface area (Å²) in [5.41, 5.74) is 5.60. The maximum atomic E-state index is 13.0. The molecule has 6 nitrogen and oxygen atoms in total. The van der Waals surface area contributed by atoms with Crippen LogP contribution in [0.3, 0.4) is 0 Å². The first-order valence-corrected chi connectivity index (χ1v) is 9.42. The molecule has 0 heterocycles. The predicted molar refractivity (Wildman–Crippen MR) is 102 cm³/mol. The molecule has 0 unspecified atom stereocenters. The third-order valence-corrected chi connectivity index (χ3v) is 4.77. The van der Waals surface area contributed by atoms with Crippen molar-refractivity contribution >= 4 is 5.91 Å². The molecule has 2 fully saturated rings. The second-order valence-corrected chi connectivity index (χ2v) is 7.07. The lowest BCUT2D eigenvalue weighted by molar-refractivity contribution is 0.0956. The summed E-state index contributed by atoms with van der Waals surface area (Å²) >= 11 is 0. The minimum absolute atomic E-state index is 0.0601. The first-order chi connectivity index (χ1) is 13.0. The molecule has 0 aromatic heterocycles. The molecule has 1 aromatic rings. The van der Waals surface area contributed by atoms with Crippen LogP contribution in [0.1, 0.15) is 61.7 Å². The van der Waals surface area contributed by atoms with E-state index in [1.54, 1.807) is 0 Å². The maximum absolute atomic E-state index is 13.0. The summed E-state index contributed by atoms with van der Waals surface area (Å²) < 4.78 is 13.0. The van der Waals surface area contributed by atoms with Crippen LogP contribution in [-0.2, 0) is 0 Å². The van der Waals surface area contributed by atoms with Gasteiger partial charge < -0.3 is 11.1 Å². The summed E-state index contributed by atoms with van der Waals surface area (Å²) in [4.78, 5) is 11.8. The second-order valence-electron chi connectivity index (χ2n) is 7.07. The quantitative estimate of drug-likeness (QED) is 0.543. The van der Waals surface area contributed by atoms with Gasteiger partial charge in [0.1, 0.15) is 11.4 Å². The molecule has 3 rings (SSSR count). The number of rotatable bonds is 5. The molecule has 0 atom stereocenters. The van der Waals surface area contributed by atoms with E-state index < -0.39 is 17.3 Å². The second kappa shape index (κ2) is 9.93. The Labute approximate surface area is 160 Å². The number of hydrazine groups is 1. The standard InChI is InChI=1S/C14H16FN5O.C6H12/c15-11-3-1-2-10(6-11)13(21)19-7-12(17)8-20(18)14(9-16)4-5-14;1-2-4-6-5-3-1/h1-3,6,8H,4-5,7,17-18H2,(H,19,21);1-6H2/b12-8-;. The summed E-state index contributed by atoms with van der Waals surface area (Å²) in [7, 11) is 0. The van der Waals surface area contributed by atoms with Gasteiger partial charge in [-0.25, -0.2) is 10.2 Å². The zero-order chi connectivity index (χ0) is 19.7. The number of nitrogens with zero attached hydrogens (tertiary/aromatic N) is 2. The van der Waals surface area contributed by atoms with Gasteiger partial charge in [0.05, 0.1) is 12.6 Å². The number of halogens is 1. The van der Waals surface area contributed by atoms with Crippen molar-refractivity contribution in [3.8, 4) is 6.07 Å². The van der Waals surface area contributed by atoms with Gasteiger partial charge in [-0.3, -0.25) is 9.80 Å². The Morgan fingerprint density at radius 2 is 1.85 bits per heavy atom. The first-order valence-electron chi connectivity index (χ1n) is 9.42. The van der Waals surface area contributed by atoms with Crippen LogP contribution in [-0.4, -0.2) is 23.0 Å². The molecule has 0 aliphatic heterocycles. The number of hydrogen-bond donors (Lipinski definition) is 3. The average Bonchev–Trinajstić information content (AvgIpc) is 3.49. The van der Waals surface area contributed by atoms with Crippen molar-refractivity contribution in [2.45, 2.75) is 56.9 Å². The molecule has 0 bridgehead atoms. The molecule has 1 amide bonds. The van der Waals surface area contributed by atoms with Gasteiger partial charge in [-0.05, 0) is 31.0 Å². The third-order valence-electron chi connectivity index (χ3n) is 4.77. The van der Waals surface area contributed by atoms with E-state index in [0.717, 1.165) is 6.07 Å². The van der Waals surface area contributed by atoms with Gasteiger partial charge in [-0.1, -0.05) is 44.6 Å². The maximum Gasteiger partial charge on any atom is 0.251 e. The van der Waals surface area contributed by atoms with Gasteiger partial charge in [0, 0.05) is 17.5 Å². The highest BCUT2D eigenvalue weighted by molar-refractivity contribution is 5.94. The van der Waals surface area contributed by atoms with Gasteiger partial charge in [-0.15, -0.1) is 0 Å². The Morgan fingerprint density at radius 1 is 1.26 bits per heavy atom. The fourth-order valence-corrected chi connectivity index (χ4v) is 2.87. The summed E-state index contributed by atoms with van der Waals surface area (Å²) in [5, 5.41) is 12.8. The van der Waals surface area contributed by atoms with E-state index in [4.69, 9.17) is 16.8 Å². The Kier molecular flexibility index (Phi) is 7.62. The lowest BCUT2D eigenvalue weighted by atomic mass is 10.0. The van der Waals surface area contributed by atoms with Crippen LogP contribution < -0.4 is 16.9 Å². The normalized spacial score (nSPS) is 17.7. The van der Waals surface area contributed by atoms with Crippen molar-refractivity contribution in [2.24, 2.45) is 11.6 Å². The number of nitriles is 1. The molecule has 0 saturated heterocycles. The van der Waals surface area contributed by atoms with Crippen LogP contribution in [0.4, 0.5) is 4.39 Å². The fourth-order valence-electron chi connectivity index (χ4n) is 2.87. The number of nitrogens with two attached hydrogens (primary N) is 2. The van der Waals surface area contributed by atoms with E-state index in [1.165, 1.54) is 67.9 Å². The molecule has 27 heavy (non-hydrogen) atoms. The zero-order valence-corrected chi connectivity index (χ0v) is 15.6. The molecule has 2 aliphatic carbocycles. The Bertz CT molecular complexity index is 693. The largest absolute Gasteiger partial charge is 0.399 e. The summed E-state index contributed by atoms with van der Waals surface area (Å²) in [6, 6.07) is 7.48. The summed E-state index contributed by atoms with van der Waals surface area (Å²) in [6.07, 6.45) is 11.8. The molecule has 1 aromatic carbocycles. The van der Waals surface area contributed by atoms with E-state index in [-0.39, 0.29) is 12.1 Å². The Hall–Kier alpha value is -2.59. The molecule has 146 valence electrons. The van der Waals surface area contributed by atoms with Crippen LogP contribution in [0, 0.1) is 17.1 Å². The van der Waals surface area contributed by atoms with Gasteiger partial charge >= 0.3 is 0 Å². The number of nitrogens with one attached hydrogen (secondary N) is 1. The number of amides is 1. The third kappa shape index (κ3) is 6.57. The van der Waals surface area contributed by atoms with Crippen molar-refractivity contribution in [1.82, 2.24) is 10.3 Å². The van der Waals surface area contributed by atoms with Crippen LogP contribution in [0.5, 0.6) is 0 Å². The van der Waals surface area contributed by atoms with Crippen molar-refractivity contribution in [2.75, 3.05) is 6.54 Å². The van der Waals surface area contributed by atoms with Gasteiger partial charge in [-0.2, -0.15) is 5.26 Å². The number of benzene rings is 1. The number of carbonyl (C=O) groups is 1. The van der Waals surface area contributed by atoms with E-state index >= 15 is 0 Å². The van der Waals surface area contributed by atoms with E-state index in [1.807, 2.05) is 0 Å². The topological polar surface area (TPSA) is 108 Å². The lowest BCUT2D eigenvalue weighted by Crippen LogP contribution is -2.39. The predicted octanol–water partition coefficient (Wildman–Crippen LogP) is 2.93. The fraction of sp³-hybridized carbons (Fsp3) is 0.500. The van der Waals surface area contributed by atoms with Crippen LogP contribution in [0.15, 0.2) is 36.2 Å². The highest BCUT2D eigenvalue weighted by atomic mass is 19.1. The molecule has 5 N–H and O–H groups in total. The van der Waals surface area contributed by atoms with Gasteiger partial charge in [0.25, 0.3) is 5.91 Å². The zero-order valence-electron chi connectivity index (χ0n) is 15.6. The minimum atomic E-state index is -0.669. The van der Waals surface area contributed by atoms with Crippen molar-refractivity contribution in [3.05, 3.63) is 47.5 Å². The van der Waals surface area contributed by atoms with Gasteiger partial charge in [0.2, 0.25) is 0 Å². The minimum Gasteiger partial charge on any atom is -0.399 e. The molecule has 7 heteroatoms. The molecule has 0 spiro atoms. The first kappa shape index (κ1) is 20.7. The molecular formula is C20H28FN5O. The highest BCUT2D eigenvalue weighted by Gasteiger charge is 2.47. The molecule has 0 radical (unpaired) electrons. The number of carbonyl (C=O) groups excluding carboxylic acids is 1. The van der Waals surface area contributed by atoms with Crippen molar-refractivity contribution in [3.63, 3.8) is 0 Å². The SMILES string of the molecule is C1CCCCC1.N#CC1(N(N)/C=C(\N)CNC(=O)c2cccc(F)c2)CC1. The Balaban J connectivity index is 0.000000369. The monoisotopic (exact) mass is 373 g/mol.